The Morgan fingerprint density at radius 1 is 1.67 bits per heavy atom. The average Bonchev–Trinajstić information content (AvgIpc) is 2.78. The van der Waals surface area contributed by atoms with Gasteiger partial charge in [0, 0.05) is 23.8 Å². The highest BCUT2D eigenvalue weighted by Crippen LogP contribution is 2.27. The molecule has 2 heterocycles. The number of rotatable bonds is 3. The van der Waals surface area contributed by atoms with Crippen molar-refractivity contribution in [3.8, 4) is 0 Å². The van der Waals surface area contributed by atoms with E-state index in [0.717, 1.165) is 17.7 Å². The van der Waals surface area contributed by atoms with Crippen LogP contribution >= 0.6 is 27.3 Å². The number of piperidine rings is 1. The molecular weight excluding hydrogens is 272 g/mol. The molecule has 0 aliphatic carbocycles. The average molecular weight is 289 g/mol. The molecule has 0 N–H and O–H groups in total. The van der Waals surface area contributed by atoms with Crippen LogP contribution in [0.5, 0.6) is 0 Å². The Balaban J connectivity index is 2.03. The molecule has 1 unspecified atom stereocenters. The van der Waals surface area contributed by atoms with Gasteiger partial charge in [-0.3, -0.25) is 0 Å². The number of nitrogens with zero attached hydrogens (tertiary/aromatic N) is 2. The molecule has 2 nitrogen and oxygen atoms in total. The highest BCUT2D eigenvalue weighted by atomic mass is 79.9. The number of halogens is 1. The fourth-order valence-electron chi connectivity index (χ4n) is 1.97. The molecule has 1 aromatic rings. The Kier molecular flexibility index (Phi) is 4.03. The first-order valence-electron chi connectivity index (χ1n) is 5.58. The van der Waals surface area contributed by atoms with Crippen molar-refractivity contribution in [2.45, 2.75) is 26.2 Å². The van der Waals surface area contributed by atoms with Crippen molar-refractivity contribution < 1.29 is 0 Å². The molecule has 0 aromatic carbocycles. The second kappa shape index (κ2) is 5.30. The summed E-state index contributed by atoms with van der Waals surface area (Å²) in [6, 6.07) is 0. The van der Waals surface area contributed by atoms with Crippen molar-refractivity contribution >= 4 is 32.4 Å². The van der Waals surface area contributed by atoms with Gasteiger partial charge in [-0.05, 0) is 25.2 Å². The summed E-state index contributed by atoms with van der Waals surface area (Å²) < 4.78 is 0. The molecule has 0 saturated carbocycles. The lowest BCUT2D eigenvalue weighted by Crippen LogP contribution is -2.35. The number of aromatic nitrogens is 1. The maximum absolute atomic E-state index is 4.65. The van der Waals surface area contributed by atoms with E-state index in [2.05, 4.69) is 38.1 Å². The maximum Gasteiger partial charge on any atom is 0.185 e. The lowest BCUT2D eigenvalue weighted by Gasteiger charge is -2.31. The molecule has 1 aliphatic heterocycles. The molecule has 15 heavy (non-hydrogen) atoms. The predicted octanol–water partition coefficient (Wildman–Crippen LogP) is 3.32. The second-order valence-corrected chi connectivity index (χ2v) is 5.57. The molecule has 1 atom stereocenters. The third kappa shape index (κ3) is 2.72. The summed E-state index contributed by atoms with van der Waals surface area (Å²) in [6.07, 6.45) is 3.71. The molecule has 1 saturated heterocycles. The van der Waals surface area contributed by atoms with E-state index in [0.29, 0.717) is 0 Å². The van der Waals surface area contributed by atoms with Gasteiger partial charge >= 0.3 is 0 Å². The van der Waals surface area contributed by atoms with E-state index in [1.807, 2.05) is 0 Å². The van der Waals surface area contributed by atoms with E-state index in [1.165, 1.54) is 36.8 Å². The van der Waals surface area contributed by atoms with Gasteiger partial charge in [-0.1, -0.05) is 22.9 Å². The van der Waals surface area contributed by atoms with Crippen LogP contribution in [0.15, 0.2) is 5.38 Å². The smallest absolute Gasteiger partial charge is 0.185 e. The first-order valence-corrected chi connectivity index (χ1v) is 7.59. The summed E-state index contributed by atoms with van der Waals surface area (Å²) in [5.74, 6) is 0.799. The van der Waals surface area contributed by atoms with Crippen LogP contribution in [-0.4, -0.2) is 23.4 Å². The van der Waals surface area contributed by atoms with Gasteiger partial charge in [0.2, 0.25) is 0 Å². The van der Waals surface area contributed by atoms with E-state index < -0.39 is 0 Å². The zero-order chi connectivity index (χ0) is 10.7. The third-order valence-electron chi connectivity index (χ3n) is 2.91. The van der Waals surface area contributed by atoms with E-state index in [9.17, 15) is 0 Å². The molecule has 0 spiro atoms. The van der Waals surface area contributed by atoms with Crippen LogP contribution in [-0.2, 0) is 6.42 Å². The number of alkyl halides is 1. The zero-order valence-electron chi connectivity index (χ0n) is 9.08. The highest BCUT2D eigenvalue weighted by molar-refractivity contribution is 9.09. The van der Waals surface area contributed by atoms with Crippen molar-refractivity contribution in [1.82, 2.24) is 4.98 Å². The molecule has 0 amide bonds. The molecule has 84 valence electrons. The van der Waals surface area contributed by atoms with E-state index in [4.69, 9.17) is 0 Å². The first kappa shape index (κ1) is 11.4. The van der Waals surface area contributed by atoms with Gasteiger partial charge in [0.25, 0.3) is 0 Å². The maximum atomic E-state index is 4.65. The third-order valence-corrected chi connectivity index (χ3v) is 4.78. The minimum atomic E-state index is 0.799. The summed E-state index contributed by atoms with van der Waals surface area (Å²) in [4.78, 5) is 7.09. The highest BCUT2D eigenvalue weighted by Gasteiger charge is 2.20. The van der Waals surface area contributed by atoms with Gasteiger partial charge in [0.15, 0.2) is 5.13 Å². The van der Waals surface area contributed by atoms with Gasteiger partial charge in [-0.15, -0.1) is 11.3 Å². The second-order valence-electron chi connectivity index (χ2n) is 4.08. The summed E-state index contributed by atoms with van der Waals surface area (Å²) in [6.45, 7) is 4.51. The van der Waals surface area contributed by atoms with Crippen LogP contribution in [0.1, 0.15) is 25.5 Å². The Hall–Kier alpha value is -0.0900. The van der Waals surface area contributed by atoms with Crippen molar-refractivity contribution in [3.05, 3.63) is 11.1 Å². The van der Waals surface area contributed by atoms with Gasteiger partial charge in [-0.2, -0.15) is 0 Å². The largest absolute Gasteiger partial charge is 0.348 e. The molecule has 2 rings (SSSR count). The summed E-state index contributed by atoms with van der Waals surface area (Å²) in [5, 5.41) is 4.53. The Morgan fingerprint density at radius 3 is 3.20 bits per heavy atom. The molecule has 0 radical (unpaired) electrons. The van der Waals surface area contributed by atoms with E-state index in [1.54, 1.807) is 11.3 Å². The quantitative estimate of drug-likeness (QED) is 0.794. The Labute approximate surface area is 104 Å². The fraction of sp³-hybridized carbons (Fsp3) is 0.727. The minimum Gasteiger partial charge on any atom is -0.348 e. The van der Waals surface area contributed by atoms with Crippen LogP contribution in [0.4, 0.5) is 5.13 Å². The lowest BCUT2D eigenvalue weighted by atomic mass is 10.0. The molecule has 4 heteroatoms. The van der Waals surface area contributed by atoms with Gasteiger partial charge < -0.3 is 4.90 Å². The monoisotopic (exact) mass is 288 g/mol. The SMILES string of the molecule is CCc1csc(N2CCCC(CBr)C2)n1. The van der Waals surface area contributed by atoms with Gasteiger partial charge in [0.05, 0.1) is 5.69 Å². The summed E-state index contributed by atoms with van der Waals surface area (Å²) in [5.41, 5.74) is 1.23. The van der Waals surface area contributed by atoms with E-state index >= 15 is 0 Å². The van der Waals surface area contributed by atoms with Crippen molar-refractivity contribution in [2.75, 3.05) is 23.3 Å². The van der Waals surface area contributed by atoms with Crippen molar-refractivity contribution in [2.24, 2.45) is 5.92 Å². The fourth-order valence-corrected chi connectivity index (χ4v) is 3.44. The summed E-state index contributed by atoms with van der Waals surface area (Å²) in [7, 11) is 0. The van der Waals surface area contributed by atoms with Crippen molar-refractivity contribution in [1.29, 1.82) is 0 Å². The molecule has 1 aliphatic rings. The minimum absolute atomic E-state index is 0.799. The van der Waals surface area contributed by atoms with Crippen LogP contribution in [0, 0.1) is 5.92 Å². The van der Waals surface area contributed by atoms with Gasteiger partial charge in [-0.25, -0.2) is 4.98 Å². The van der Waals surface area contributed by atoms with Gasteiger partial charge in [0.1, 0.15) is 0 Å². The molecular formula is C11H17BrN2S. The molecule has 1 aromatic heterocycles. The Bertz CT molecular complexity index is 313. The summed E-state index contributed by atoms with van der Waals surface area (Å²) >= 11 is 5.38. The number of hydrogen-bond donors (Lipinski definition) is 0. The lowest BCUT2D eigenvalue weighted by molar-refractivity contribution is 0.454. The number of aryl methyl sites for hydroxylation is 1. The predicted molar refractivity (Wildman–Crippen MR) is 70.2 cm³/mol. The zero-order valence-corrected chi connectivity index (χ0v) is 11.5. The number of anilines is 1. The normalized spacial score (nSPS) is 22.0. The standard InChI is InChI=1S/C11H17BrN2S/c1-2-10-8-15-11(13-10)14-5-3-4-9(6-12)7-14/h8-9H,2-7H2,1H3. The first-order chi connectivity index (χ1) is 7.33. The molecule has 1 fully saturated rings. The topological polar surface area (TPSA) is 16.1 Å². The van der Waals surface area contributed by atoms with Crippen LogP contribution in [0.2, 0.25) is 0 Å². The Morgan fingerprint density at radius 2 is 2.53 bits per heavy atom. The van der Waals surface area contributed by atoms with Crippen LogP contribution < -0.4 is 4.90 Å². The number of hydrogen-bond acceptors (Lipinski definition) is 3. The van der Waals surface area contributed by atoms with Crippen molar-refractivity contribution in [3.63, 3.8) is 0 Å². The van der Waals surface area contributed by atoms with Crippen LogP contribution in [0.25, 0.3) is 0 Å². The molecule has 0 bridgehead atoms. The van der Waals surface area contributed by atoms with Crippen LogP contribution in [0.3, 0.4) is 0 Å². The van der Waals surface area contributed by atoms with E-state index in [-0.39, 0.29) is 0 Å². The number of thiazole rings is 1.